The van der Waals surface area contributed by atoms with Gasteiger partial charge in [0.05, 0.1) is 17.6 Å². The Labute approximate surface area is 98.7 Å². The minimum absolute atomic E-state index is 0.430. The van der Waals surface area contributed by atoms with Gasteiger partial charge in [0.1, 0.15) is 11.9 Å². The van der Waals surface area contributed by atoms with Crippen LogP contribution in [0.5, 0.6) is 0 Å². The number of rotatable bonds is 3. The summed E-state index contributed by atoms with van der Waals surface area (Å²) in [5.41, 5.74) is 1.90. The van der Waals surface area contributed by atoms with E-state index in [2.05, 4.69) is 10.1 Å². The Morgan fingerprint density at radius 2 is 2.18 bits per heavy atom. The van der Waals surface area contributed by atoms with Crippen LogP contribution < -0.4 is 0 Å². The topological polar surface area (TPSA) is 50.9 Å². The fourth-order valence-corrected chi connectivity index (χ4v) is 1.79. The maximum absolute atomic E-state index is 13.0. The van der Waals surface area contributed by atoms with Gasteiger partial charge in [0, 0.05) is 18.3 Å². The minimum atomic E-state index is -0.903. The Morgan fingerprint density at radius 3 is 2.82 bits per heavy atom. The molecule has 0 amide bonds. The predicted molar refractivity (Wildman–Crippen MR) is 60.9 cm³/mol. The van der Waals surface area contributed by atoms with Crippen LogP contribution in [0.1, 0.15) is 30.0 Å². The number of aliphatic hydroxyl groups excluding tert-OH is 1. The summed E-state index contributed by atoms with van der Waals surface area (Å²) in [6.45, 7) is 4.45. The second-order valence-electron chi connectivity index (χ2n) is 3.87. The summed E-state index contributed by atoms with van der Waals surface area (Å²) in [6, 6.07) is 3.07. The Hall–Kier alpha value is -1.75. The van der Waals surface area contributed by atoms with E-state index < -0.39 is 11.9 Å². The zero-order valence-corrected chi connectivity index (χ0v) is 9.76. The van der Waals surface area contributed by atoms with Crippen molar-refractivity contribution in [1.29, 1.82) is 0 Å². The SMILES string of the molecule is CCn1nc(C)cc1C(O)c1cncc(F)c1. The average molecular weight is 235 g/mol. The first kappa shape index (κ1) is 11.7. The van der Waals surface area contributed by atoms with Crippen molar-refractivity contribution in [2.24, 2.45) is 0 Å². The molecule has 0 aliphatic carbocycles. The zero-order chi connectivity index (χ0) is 12.4. The number of hydrogen-bond donors (Lipinski definition) is 1. The van der Waals surface area contributed by atoms with Crippen LogP contribution in [0.15, 0.2) is 24.5 Å². The van der Waals surface area contributed by atoms with Gasteiger partial charge in [-0.3, -0.25) is 9.67 Å². The Balaban J connectivity index is 2.39. The summed E-state index contributed by atoms with van der Waals surface area (Å²) in [7, 11) is 0. The molecule has 0 saturated carbocycles. The van der Waals surface area contributed by atoms with E-state index in [1.807, 2.05) is 13.8 Å². The first-order valence-electron chi connectivity index (χ1n) is 5.44. The molecule has 0 saturated heterocycles. The number of aliphatic hydroxyl groups is 1. The summed E-state index contributed by atoms with van der Waals surface area (Å²) < 4.78 is 14.7. The first-order valence-corrected chi connectivity index (χ1v) is 5.44. The molecule has 0 bridgehead atoms. The summed E-state index contributed by atoms with van der Waals surface area (Å²) in [5, 5.41) is 14.4. The molecule has 0 fully saturated rings. The van der Waals surface area contributed by atoms with Crippen LogP contribution in [-0.2, 0) is 6.54 Å². The molecule has 4 nitrogen and oxygen atoms in total. The highest BCUT2D eigenvalue weighted by atomic mass is 19.1. The molecule has 0 aliphatic rings. The number of hydrogen-bond acceptors (Lipinski definition) is 3. The second-order valence-corrected chi connectivity index (χ2v) is 3.87. The highest BCUT2D eigenvalue weighted by molar-refractivity contribution is 5.24. The van der Waals surface area contributed by atoms with Gasteiger partial charge in [-0.1, -0.05) is 0 Å². The van der Waals surface area contributed by atoms with E-state index in [4.69, 9.17) is 0 Å². The summed E-state index contributed by atoms with van der Waals surface area (Å²) >= 11 is 0. The van der Waals surface area contributed by atoms with E-state index >= 15 is 0 Å². The molecule has 0 aliphatic heterocycles. The van der Waals surface area contributed by atoms with Crippen LogP contribution >= 0.6 is 0 Å². The molecule has 17 heavy (non-hydrogen) atoms. The van der Waals surface area contributed by atoms with E-state index in [0.29, 0.717) is 17.8 Å². The summed E-state index contributed by atoms with van der Waals surface area (Å²) in [6.07, 6.45) is 1.66. The third-order valence-corrected chi connectivity index (χ3v) is 2.55. The Morgan fingerprint density at radius 1 is 1.41 bits per heavy atom. The van der Waals surface area contributed by atoms with E-state index in [1.165, 1.54) is 12.3 Å². The van der Waals surface area contributed by atoms with Crippen molar-refractivity contribution >= 4 is 0 Å². The quantitative estimate of drug-likeness (QED) is 0.883. The molecule has 0 aromatic carbocycles. The largest absolute Gasteiger partial charge is 0.382 e. The normalized spacial score (nSPS) is 12.7. The molecule has 2 aromatic heterocycles. The smallest absolute Gasteiger partial charge is 0.141 e. The van der Waals surface area contributed by atoms with Gasteiger partial charge < -0.3 is 5.11 Å². The van der Waals surface area contributed by atoms with Gasteiger partial charge >= 0.3 is 0 Å². The lowest BCUT2D eigenvalue weighted by Gasteiger charge is -2.12. The molecular weight excluding hydrogens is 221 g/mol. The minimum Gasteiger partial charge on any atom is -0.382 e. The highest BCUT2D eigenvalue weighted by Gasteiger charge is 2.16. The van der Waals surface area contributed by atoms with Crippen molar-refractivity contribution in [2.45, 2.75) is 26.5 Å². The molecule has 1 atom stereocenters. The van der Waals surface area contributed by atoms with Gasteiger partial charge in [0.25, 0.3) is 0 Å². The van der Waals surface area contributed by atoms with E-state index in [9.17, 15) is 9.50 Å². The van der Waals surface area contributed by atoms with E-state index in [0.717, 1.165) is 11.9 Å². The third-order valence-electron chi connectivity index (χ3n) is 2.55. The molecule has 2 heterocycles. The summed E-state index contributed by atoms with van der Waals surface area (Å²) in [4.78, 5) is 3.73. The Bertz CT molecular complexity index is 524. The van der Waals surface area contributed by atoms with Crippen molar-refractivity contribution in [3.63, 3.8) is 0 Å². The van der Waals surface area contributed by atoms with Gasteiger partial charge in [-0.05, 0) is 26.0 Å². The van der Waals surface area contributed by atoms with E-state index in [-0.39, 0.29) is 0 Å². The molecule has 1 unspecified atom stereocenters. The predicted octanol–water partition coefficient (Wildman–Crippen LogP) is 1.83. The van der Waals surface area contributed by atoms with Gasteiger partial charge in [-0.25, -0.2) is 4.39 Å². The van der Waals surface area contributed by atoms with Crippen molar-refractivity contribution < 1.29 is 9.50 Å². The number of aryl methyl sites for hydroxylation is 2. The molecule has 5 heteroatoms. The number of halogens is 1. The first-order chi connectivity index (χ1) is 8.11. The van der Waals surface area contributed by atoms with Crippen LogP contribution in [-0.4, -0.2) is 19.9 Å². The number of nitrogens with zero attached hydrogens (tertiary/aromatic N) is 3. The van der Waals surface area contributed by atoms with Crippen LogP contribution in [0.4, 0.5) is 4.39 Å². The fraction of sp³-hybridized carbons (Fsp3) is 0.333. The maximum Gasteiger partial charge on any atom is 0.141 e. The molecule has 0 spiro atoms. The monoisotopic (exact) mass is 235 g/mol. The molecule has 2 rings (SSSR count). The molecule has 1 N–H and O–H groups in total. The van der Waals surface area contributed by atoms with Crippen LogP contribution in [0.25, 0.3) is 0 Å². The van der Waals surface area contributed by atoms with Gasteiger partial charge in [0.2, 0.25) is 0 Å². The van der Waals surface area contributed by atoms with Crippen molar-refractivity contribution in [2.75, 3.05) is 0 Å². The Kier molecular flexibility index (Phi) is 3.19. The zero-order valence-electron chi connectivity index (χ0n) is 9.76. The maximum atomic E-state index is 13.0. The molecular formula is C12H14FN3O. The lowest BCUT2D eigenvalue weighted by atomic mass is 10.1. The van der Waals surface area contributed by atoms with Crippen molar-refractivity contribution in [1.82, 2.24) is 14.8 Å². The van der Waals surface area contributed by atoms with Gasteiger partial charge in [0.15, 0.2) is 0 Å². The van der Waals surface area contributed by atoms with Crippen molar-refractivity contribution in [3.8, 4) is 0 Å². The standard InChI is InChI=1S/C12H14FN3O/c1-3-16-11(4-8(2)15-16)12(17)9-5-10(13)7-14-6-9/h4-7,12,17H,3H2,1-2H3. The molecule has 0 radical (unpaired) electrons. The van der Waals surface area contributed by atoms with Crippen LogP contribution in [0.3, 0.4) is 0 Å². The van der Waals surface area contributed by atoms with Gasteiger partial charge in [-0.2, -0.15) is 5.10 Å². The van der Waals surface area contributed by atoms with Crippen molar-refractivity contribution in [3.05, 3.63) is 47.3 Å². The number of pyridine rings is 1. The van der Waals surface area contributed by atoms with Crippen LogP contribution in [0.2, 0.25) is 0 Å². The lowest BCUT2D eigenvalue weighted by molar-refractivity contribution is 0.207. The summed E-state index contributed by atoms with van der Waals surface area (Å²) in [5.74, 6) is -0.458. The fourth-order valence-electron chi connectivity index (χ4n) is 1.79. The second kappa shape index (κ2) is 4.63. The van der Waals surface area contributed by atoms with E-state index in [1.54, 1.807) is 10.7 Å². The molecule has 2 aromatic rings. The average Bonchev–Trinajstić information content (AvgIpc) is 2.69. The number of aromatic nitrogens is 3. The third kappa shape index (κ3) is 2.34. The van der Waals surface area contributed by atoms with Gasteiger partial charge in [-0.15, -0.1) is 0 Å². The molecule has 90 valence electrons. The van der Waals surface area contributed by atoms with Crippen LogP contribution in [0, 0.1) is 12.7 Å². The lowest BCUT2D eigenvalue weighted by Crippen LogP contribution is -2.09. The highest BCUT2D eigenvalue weighted by Crippen LogP contribution is 2.22.